The van der Waals surface area contributed by atoms with Gasteiger partial charge in [-0.25, -0.2) is 4.79 Å². The molecule has 21 heavy (non-hydrogen) atoms. The molecular formula is C16H20N2O3. The first-order valence-corrected chi connectivity index (χ1v) is 7.11. The van der Waals surface area contributed by atoms with Crippen LogP contribution in [0.2, 0.25) is 0 Å². The van der Waals surface area contributed by atoms with Crippen LogP contribution in [0.4, 0.5) is 6.01 Å². The highest BCUT2D eigenvalue weighted by atomic mass is 16.4. The summed E-state index contributed by atoms with van der Waals surface area (Å²) in [7, 11) is 0. The predicted molar refractivity (Wildman–Crippen MR) is 80.5 cm³/mol. The van der Waals surface area contributed by atoms with Gasteiger partial charge in [-0.2, -0.15) is 4.98 Å². The Morgan fingerprint density at radius 3 is 2.57 bits per heavy atom. The molecule has 0 bridgehead atoms. The Labute approximate surface area is 123 Å². The van der Waals surface area contributed by atoms with Crippen LogP contribution in [0.1, 0.15) is 38.1 Å². The van der Waals surface area contributed by atoms with Crippen molar-refractivity contribution in [3.63, 3.8) is 0 Å². The lowest BCUT2D eigenvalue weighted by atomic mass is 10.0. The van der Waals surface area contributed by atoms with Crippen LogP contribution in [-0.2, 0) is 0 Å². The van der Waals surface area contributed by atoms with E-state index in [4.69, 9.17) is 9.52 Å². The van der Waals surface area contributed by atoms with Gasteiger partial charge in [-0.3, -0.25) is 0 Å². The smallest absolute Gasteiger partial charge is 0.335 e. The number of hydrogen-bond acceptors (Lipinski definition) is 4. The SMILES string of the molecule is CC1(C)C(CNc2nc3ccc(C(=O)O)cc3o2)C1(C)C. The summed E-state index contributed by atoms with van der Waals surface area (Å²) in [6.07, 6.45) is 0. The number of aromatic nitrogens is 1. The maximum Gasteiger partial charge on any atom is 0.335 e. The molecule has 0 unspecified atom stereocenters. The van der Waals surface area contributed by atoms with Crippen LogP contribution in [0.25, 0.3) is 11.1 Å². The van der Waals surface area contributed by atoms with Gasteiger partial charge in [0.1, 0.15) is 5.52 Å². The molecule has 112 valence electrons. The zero-order chi connectivity index (χ0) is 15.4. The molecule has 1 fully saturated rings. The van der Waals surface area contributed by atoms with Crippen LogP contribution >= 0.6 is 0 Å². The molecule has 1 aliphatic rings. The van der Waals surface area contributed by atoms with Crippen molar-refractivity contribution in [2.75, 3.05) is 11.9 Å². The molecule has 1 heterocycles. The number of hydrogen-bond donors (Lipinski definition) is 2. The number of carbonyl (C=O) groups is 1. The number of fused-ring (bicyclic) bond motifs is 1. The van der Waals surface area contributed by atoms with Gasteiger partial charge in [0, 0.05) is 6.54 Å². The zero-order valence-electron chi connectivity index (χ0n) is 12.7. The van der Waals surface area contributed by atoms with Gasteiger partial charge in [-0.1, -0.05) is 27.7 Å². The lowest BCUT2D eigenvalue weighted by Crippen LogP contribution is -2.08. The fraction of sp³-hybridized carbons (Fsp3) is 0.500. The second-order valence-electron chi connectivity index (χ2n) is 6.88. The Bertz CT molecular complexity index is 701. The number of aromatic carboxylic acids is 1. The fourth-order valence-electron chi connectivity index (χ4n) is 3.17. The Kier molecular flexibility index (Phi) is 2.80. The minimum atomic E-state index is -0.968. The maximum absolute atomic E-state index is 10.9. The second kappa shape index (κ2) is 4.23. The minimum absolute atomic E-state index is 0.203. The number of carboxylic acids is 1. The normalized spacial score (nSPS) is 19.6. The third-order valence-corrected chi connectivity index (χ3v) is 5.41. The summed E-state index contributed by atoms with van der Waals surface area (Å²) < 4.78 is 5.59. The Morgan fingerprint density at radius 2 is 2.00 bits per heavy atom. The molecule has 2 N–H and O–H groups in total. The molecule has 0 saturated heterocycles. The summed E-state index contributed by atoms with van der Waals surface area (Å²) in [5.74, 6) is -0.404. The van der Waals surface area contributed by atoms with Crippen LogP contribution in [0.3, 0.4) is 0 Å². The van der Waals surface area contributed by atoms with E-state index >= 15 is 0 Å². The molecule has 0 amide bonds. The van der Waals surface area contributed by atoms with E-state index in [1.807, 2.05) is 0 Å². The fourth-order valence-corrected chi connectivity index (χ4v) is 3.17. The topological polar surface area (TPSA) is 75.4 Å². The summed E-state index contributed by atoms with van der Waals surface area (Å²) in [5, 5.41) is 12.2. The van der Waals surface area contributed by atoms with E-state index in [0.29, 0.717) is 33.9 Å². The lowest BCUT2D eigenvalue weighted by molar-refractivity contribution is 0.0697. The molecule has 3 rings (SSSR count). The Hall–Kier alpha value is -2.04. The number of benzene rings is 1. The van der Waals surface area contributed by atoms with Crippen molar-refractivity contribution in [3.8, 4) is 0 Å². The summed E-state index contributed by atoms with van der Waals surface area (Å²) in [5.41, 5.74) is 1.98. The van der Waals surface area contributed by atoms with Crippen LogP contribution in [-0.4, -0.2) is 22.6 Å². The first-order chi connectivity index (χ1) is 9.73. The molecule has 1 saturated carbocycles. The van der Waals surface area contributed by atoms with Crippen LogP contribution in [0.15, 0.2) is 22.6 Å². The molecule has 0 atom stereocenters. The first-order valence-electron chi connectivity index (χ1n) is 7.11. The van der Waals surface area contributed by atoms with E-state index in [1.54, 1.807) is 6.07 Å². The first kappa shape index (κ1) is 13.9. The Balaban J connectivity index is 1.75. The van der Waals surface area contributed by atoms with Gasteiger partial charge < -0.3 is 14.8 Å². The molecule has 5 heteroatoms. The van der Waals surface area contributed by atoms with Gasteiger partial charge in [0.05, 0.1) is 5.56 Å². The van der Waals surface area contributed by atoms with Crippen LogP contribution in [0, 0.1) is 16.7 Å². The number of carboxylic acid groups (broad SMARTS) is 1. The number of nitrogens with zero attached hydrogens (tertiary/aromatic N) is 1. The molecule has 1 aromatic heterocycles. The summed E-state index contributed by atoms with van der Waals surface area (Å²) >= 11 is 0. The van der Waals surface area contributed by atoms with E-state index in [9.17, 15) is 4.79 Å². The highest BCUT2D eigenvalue weighted by Crippen LogP contribution is 2.68. The van der Waals surface area contributed by atoms with Gasteiger partial charge in [-0.15, -0.1) is 0 Å². The van der Waals surface area contributed by atoms with E-state index in [2.05, 4.69) is 38.0 Å². The molecule has 5 nitrogen and oxygen atoms in total. The molecule has 0 radical (unpaired) electrons. The third-order valence-electron chi connectivity index (χ3n) is 5.41. The van der Waals surface area contributed by atoms with Crippen molar-refractivity contribution >= 4 is 23.1 Å². The second-order valence-corrected chi connectivity index (χ2v) is 6.88. The molecule has 1 aliphatic carbocycles. The van der Waals surface area contributed by atoms with E-state index in [-0.39, 0.29) is 5.56 Å². The molecule has 1 aromatic carbocycles. The van der Waals surface area contributed by atoms with Crippen molar-refractivity contribution in [2.24, 2.45) is 16.7 Å². The zero-order valence-corrected chi connectivity index (χ0v) is 12.7. The van der Waals surface area contributed by atoms with Crippen molar-refractivity contribution in [2.45, 2.75) is 27.7 Å². The maximum atomic E-state index is 10.9. The van der Waals surface area contributed by atoms with Gasteiger partial charge in [-0.05, 0) is 34.9 Å². The lowest BCUT2D eigenvalue weighted by Gasteiger charge is -2.04. The minimum Gasteiger partial charge on any atom is -0.478 e. The van der Waals surface area contributed by atoms with Gasteiger partial charge in [0.25, 0.3) is 6.01 Å². The van der Waals surface area contributed by atoms with Crippen molar-refractivity contribution < 1.29 is 14.3 Å². The highest BCUT2D eigenvalue weighted by Gasteiger charge is 2.64. The predicted octanol–water partition coefficient (Wildman–Crippen LogP) is 3.62. The summed E-state index contributed by atoms with van der Waals surface area (Å²) in [6.45, 7) is 9.88. The van der Waals surface area contributed by atoms with Gasteiger partial charge in [0.2, 0.25) is 0 Å². The molecular weight excluding hydrogens is 268 g/mol. The third kappa shape index (κ3) is 2.07. The van der Waals surface area contributed by atoms with E-state index in [1.165, 1.54) is 12.1 Å². The molecule has 0 aliphatic heterocycles. The number of rotatable bonds is 4. The molecule has 0 spiro atoms. The van der Waals surface area contributed by atoms with Crippen LogP contribution in [0.5, 0.6) is 0 Å². The van der Waals surface area contributed by atoms with E-state index < -0.39 is 5.97 Å². The Morgan fingerprint density at radius 1 is 1.33 bits per heavy atom. The van der Waals surface area contributed by atoms with E-state index in [0.717, 1.165) is 6.54 Å². The number of anilines is 1. The van der Waals surface area contributed by atoms with Gasteiger partial charge >= 0.3 is 5.97 Å². The van der Waals surface area contributed by atoms with Crippen molar-refractivity contribution in [1.82, 2.24) is 4.98 Å². The number of nitrogens with one attached hydrogen (secondary N) is 1. The largest absolute Gasteiger partial charge is 0.478 e. The highest BCUT2D eigenvalue weighted by molar-refractivity contribution is 5.92. The average molecular weight is 288 g/mol. The standard InChI is InChI=1S/C16H20N2O3/c1-15(2)12(16(15,3)4)8-17-14-18-10-6-5-9(13(19)20)7-11(10)21-14/h5-7,12H,8H2,1-4H3,(H,17,18)(H,19,20). The summed E-state index contributed by atoms with van der Waals surface area (Å²) in [6, 6.07) is 5.15. The van der Waals surface area contributed by atoms with Crippen molar-refractivity contribution in [3.05, 3.63) is 23.8 Å². The monoisotopic (exact) mass is 288 g/mol. The molecule has 2 aromatic rings. The van der Waals surface area contributed by atoms with Crippen LogP contribution < -0.4 is 5.32 Å². The summed E-state index contributed by atoms with van der Waals surface area (Å²) in [4.78, 5) is 15.3. The number of oxazole rings is 1. The average Bonchev–Trinajstić information content (AvgIpc) is 2.73. The van der Waals surface area contributed by atoms with Crippen molar-refractivity contribution in [1.29, 1.82) is 0 Å². The quantitative estimate of drug-likeness (QED) is 0.898. The van der Waals surface area contributed by atoms with Gasteiger partial charge in [0.15, 0.2) is 5.58 Å².